The second-order valence-electron chi connectivity index (χ2n) is 9.05. The van der Waals surface area contributed by atoms with E-state index < -0.39 is 36.0 Å². The molecule has 3 atom stereocenters. The van der Waals surface area contributed by atoms with Gasteiger partial charge < -0.3 is 44.5 Å². The molecule has 214 valence electrons. The molecular weight excluding hydrogens is 540 g/mol. The number of phenolic OH excluding ortho intramolecular Hbond substituents is 3. The number of ether oxygens (including phenoxy) is 4. The minimum Gasteiger partial charge on any atom is -0.504 e. The van der Waals surface area contributed by atoms with Gasteiger partial charge in [0.15, 0.2) is 34.5 Å². The molecule has 4 rings (SSSR count). The number of rotatable bonds is 10. The van der Waals surface area contributed by atoms with Gasteiger partial charge in [0.1, 0.15) is 12.0 Å². The fourth-order valence-electron chi connectivity index (χ4n) is 4.45. The number of aliphatic carboxylic acids is 2. The van der Waals surface area contributed by atoms with E-state index in [-0.39, 0.29) is 52.0 Å². The number of esters is 1. The second-order valence-corrected chi connectivity index (χ2v) is 9.05. The minimum atomic E-state index is -1.55. The lowest BCUT2D eigenvalue weighted by Gasteiger charge is -2.17. The molecule has 0 radical (unpaired) electrons. The van der Waals surface area contributed by atoms with Crippen molar-refractivity contribution in [2.75, 3.05) is 14.2 Å². The van der Waals surface area contributed by atoms with E-state index in [1.54, 1.807) is 0 Å². The number of hydrogen-bond acceptors (Lipinski definition) is 10. The molecule has 0 aromatic heterocycles. The average Bonchev–Trinajstić information content (AvgIpc) is 3.33. The maximum atomic E-state index is 12.5. The molecule has 5 N–H and O–H groups in total. The number of methoxy groups -OCH3 is 2. The van der Waals surface area contributed by atoms with Gasteiger partial charge in [0.25, 0.3) is 0 Å². The number of carbonyl (C=O) groups is 3. The van der Waals surface area contributed by atoms with Crippen molar-refractivity contribution in [2.24, 2.45) is 0 Å². The van der Waals surface area contributed by atoms with Crippen LogP contribution in [0.2, 0.25) is 0 Å². The van der Waals surface area contributed by atoms with E-state index in [1.165, 1.54) is 68.8 Å². The molecule has 1 heterocycles. The summed E-state index contributed by atoms with van der Waals surface area (Å²) in [5.41, 5.74) is 1.20. The van der Waals surface area contributed by atoms with Crippen molar-refractivity contribution in [1.29, 1.82) is 0 Å². The molecule has 3 unspecified atom stereocenters. The maximum absolute atomic E-state index is 12.5. The zero-order valence-electron chi connectivity index (χ0n) is 21.8. The van der Waals surface area contributed by atoms with Gasteiger partial charge in [-0.1, -0.05) is 12.1 Å². The Morgan fingerprint density at radius 1 is 0.902 bits per heavy atom. The van der Waals surface area contributed by atoms with Gasteiger partial charge in [-0.2, -0.15) is 0 Å². The molecule has 0 spiro atoms. The molecule has 12 nitrogen and oxygen atoms in total. The van der Waals surface area contributed by atoms with Gasteiger partial charge in [-0.05, 0) is 59.2 Å². The largest absolute Gasteiger partial charge is 0.504 e. The maximum Gasteiger partial charge on any atom is 0.345 e. The molecule has 0 aliphatic carbocycles. The predicted molar refractivity (Wildman–Crippen MR) is 141 cm³/mol. The van der Waals surface area contributed by atoms with E-state index >= 15 is 0 Å². The van der Waals surface area contributed by atoms with Crippen molar-refractivity contribution in [1.82, 2.24) is 0 Å². The topological polar surface area (TPSA) is 189 Å². The molecule has 0 bridgehead atoms. The Balaban J connectivity index is 1.54. The molecule has 3 aromatic rings. The van der Waals surface area contributed by atoms with Crippen LogP contribution in [-0.4, -0.2) is 63.8 Å². The summed E-state index contributed by atoms with van der Waals surface area (Å²) in [6.45, 7) is 0. The van der Waals surface area contributed by atoms with Gasteiger partial charge in [0.05, 0.1) is 14.2 Å². The number of phenols is 3. The number of fused-ring (bicyclic) bond motifs is 1. The molecule has 41 heavy (non-hydrogen) atoms. The van der Waals surface area contributed by atoms with Crippen molar-refractivity contribution in [3.63, 3.8) is 0 Å². The highest BCUT2D eigenvalue weighted by Gasteiger charge is 2.42. The van der Waals surface area contributed by atoms with Crippen LogP contribution in [0.3, 0.4) is 0 Å². The van der Waals surface area contributed by atoms with Crippen LogP contribution in [0.5, 0.6) is 34.5 Å². The van der Waals surface area contributed by atoms with Crippen LogP contribution in [-0.2, 0) is 25.5 Å². The van der Waals surface area contributed by atoms with E-state index in [4.69, 9.17) is 18.9 Å². The van der Waals surface area contributed by atoms with E-state index in [9.17, 15) is 39.9 Å². The summed E-state index contributed by atoms with van der Waals surface area (Å²) < 4.78 is 21.0. The van der Waals surface area contributed by atoms with Crippen molar-refractivity contribution in [2.45, 2.75) is 24.5 Å². The van der Waals surface area contributed by atoms with E-state index in [0.29, 0.717) is 11.1 Å². The molecule has 0 fully saturated rings. The highest BCUT2D eigenvalue weighted by atomic mass is 16.6. The third-order valence-corrected chi connectivity index (χ3v) is 6.41. The summed E-state index contributed by atoms with van der Waals surface area (Å²) >= 11 is 0. The zero-order valence-corrected chi connectivity index (χ0v) is 21.8. The lowest BCUT2D eigenvalue weighted by atomic mass is 9.90. The lowest BCUT2D eigenvalue weighted by Crippen LogP contribution is -2.28. The third-order valence-electron chi connectivity index (χ3n) is 6.41. The summed E-state index contributed by atoms with van der Waals surface area (Å²) in [6, 6.07) is 11.1. The van der Waals surface area contributed by atoms with Crippen molar-refractivity contribution >= 4 is 24.0 Å². The number of carboxylic acids is 2. The zero-order chi connectivity index (χ0) is 29.8. The standard InChI is InChI=1S/C29H26O12/c1-38-21-11-15(3-6-18(21)30)12-23(28(34)35)40-24(33)8-4-14-9-17-25(29(36)37)26(41-27(17)20(32)10-14)16-5-7-19(31)22(13-16)39-2/h3-11,13,23,25-26,30-32H,12H2,1-2H3,(H,34,35)(H,36,37). The van der Waals surface area contributed by atoms with Gasteiger partial charge in [-0.3, -0.25) is 4.79 Å². The summed E-state index contributed by atoms with van der Waals surface area (Å²) in [6.07, 6.45) is -0.625. The first-order chi connectivity index (χ1) is 19.5. The Morgan fingerprint density at radius 3 is 2.20 bits per heavy atom. The SMILES string of the molecule is COc1cc(CC(OC(=O)C=Cc2cc(O)c3c(c2)C(C(=O)O)C(c2ccc(O)c(OC)c2)O3)C(=O)O)ccc1O. The fraction of sp³-hybridized carbons (Fsp3) is 0.207. The Hall–Kier alpha value is -5.39. The number of benzene rings is 3. The Bertz CT molecular complexity index is 1530. The predicted octanol–water partition coefficient (Wildman–Crippen LogP) is 3.37. The monoisotopic (exact) mass is 566 g/mol. The minimum absolute atomic E-state index is 0.0514. The number of hydrogen-bond donors (Lipinski definition) is 5. The first-order valence-corrected chi connectivity index (χ1v) is 12.1. The molecule has 1 aliphatic rings. The average molecular weight is 567 g/mol. The highest BCUT2D eigenvalue weighted by Crippen LogP contribution is 2.51. The summed E-state index contributed by atoms with van der Waals surface area (Å²) in [4.78, 5) is 36.4. The summed E-state index contributed by atoms with van der Waals surface area (Å²) in [5, 5.41) is 49.7. The van der Waals surface area contributed by atoms with Crippen LogP contribution >= 0.6 is 0 Å². The van der Waals surface area contributed by atoms with Gasteiger partial charge in [-0.25, -0.2) is 9.59 Å². The van der Waals surface area contributed by atoms with Gasteiger partial charge in [-0.15, -0.1) is 0 Å². The first kappa shape index (κ1) is 28.6. The normalized spacial score (nSPS) is 16.4. The number of carboxylic acid groups (broad SMARTS) is 2. The van der Waals surface area contributed by atoms with Gasteiger partial charge >= 0.3 is 17.9 Å². The Labute approximate surface area is 233 Å². The molecular formula is C29H26O12. The molecule has 1 aliphatic heterocycles. The lowest BCUT2D eigenvalue weighted by molar-refractivity contribution is -0.160. The van der Waals surface area contributed by atoms with Crippen molar-refractivity contribution in [3.05, 3.63) is 76.9 Å². The second kappa shape index (κ2) is 11.8. The van der Waals surface area contributed by atoms with Crippen LogP contribution in [0.4, 0.5) is 0 Å². The van der Waals surface area contributed by atoms with Crippen molar-refractivity contribution in [3.8, 4) is 34.5 Å². The molecule has 0 amide bonds. The van der Waals surface area contributed by atoms with Crippen LogP contribution in [0.25, 0.3) is 6.08 Å². The van der Waals surface area contributed by atoms with Crippen LogP contribution in [0, 0.1) is 0 Å². The van der Waals surface area contributed by atoms with E-state index in [0.717, 1.165) is 6.08 Å². The van der Waals surface area contributed by atoms with Crippen LogP contribution in [0.1, 0.15) is 34.3 Å². The van der Waals surface area contributed by atoms with Crippen molar-refractivity contribution < 1.29 is 58.9 Å². The number of aromatic hydroxyl groups is 3. The van der Waals surface area contributed by atoms with E-state index in [2.05, 4.69) is 0 Å². The molecule has 12 heteroatoms. The van der Waals surface area contributed by atoms with Gasteiger partial charge in [0, 0.05) is 18.1 Å². The quantitative estimate of drug-likeness (QED) is 0.178. The highest BCUT2D eigenvalue weighted by molar-refractivity contribution is 5.90. The van der Waals surface area contributed by atoms with Crippen LogP contribution < -0.4 is 14.2 Å². The Morgan fingerprint density at radius 2 is 1.56 bits per heavy atom. The summed E-state index contributed by atoms with van der Waals surface area (Å²) in [7, 11) is 2.68. The molecule has 0 saturated heterocycles. The van der Waals surface area contributed by atoms with E-state index in [1.807, 2.05) is 0 Å². The molecule has 0 saturated carbocycles. The third kappa shape index (κ3) is 6.11. The van der Waals surface area contributed by atoms with Crippen LogP contribution in [0.15, 0.2) is 54.6 Å². The number of carbonyl (C=O) groups excluding carboxylic acids is 1. The Kier molecular flexibility index (Phi) is 8.22. The molecule has 3 aromatic carbocycles. The summed E-state index contributed by atoms with van der Waals surface area (Å²) in [5.74, 6) is -5.34. The smallest absolute Gasteiger partial charge is 0.345 e. The van der Waals surface area contributed by atoms with Gasteiger partial charge in [0.2, 0.25) is 6.10 Å². The first-order valence-electron chi connectivity index (χ1n) is 12.1. The fourth-order valence-corrected chi connectivity index (χ4v) is 4.45.